The molecule has 7 atom stereocenters. The summed E-state index contributed by atoms with van der Waals surface area (Å²) < 4.78 is 57.5. The van der Waals surface area contributed by atoms with Crippen molar-refractivity contribution in [2.45, 2.75) is 147 Å². The predicted molar refractivity (Wildman–Crippen MR) is 214 cm³/mol. The summed E-state index contributed by atoms with van der Waals surface area (Å²) in [4.78, 5) is 14.8. The zero-order chi connectivity index (χ0) is 41.3. The zero-order valence-corrected chi connectivity index (χ0v) is 34.7. The van der Waals surface area contributed by atoms with E-state index in [9.17, 15) is 29.3 Å². The Balaban J connectivity index is 1.23. The van der Waals surface area contributed by atoms with Crippen molar-refractivity contribution in [3.63, 3.8) is 0 Å². The highest BCUT2D eigenvalue weighted by Gasteiger charge is 2.56. The first-order valence-electron chi connectivity index (χ1n) is 20.6. The Labute approximate surface area is 336 Å². The van der Waals surface area contributed by atoms with E-state index in [-0.39, 0.29) is 37.0 Å². The van der Waals surface area contributed by atoms with Crippen molar-refractivity contribution in [2.75, 3.05) is 32.2 Å². The third-order valence-corrected chi connectivity index (χ3v) is 11.8. The standard InChI is InChI=1S/C41H63FN5O9P/c1-4-5-6-7-8-9-10-11-12-13-14-15-16-17-18-21-52-26-32(27-53-34-23-31(25-43)22-33(42)24-34)28-54-57(50,51)56-30(2)41(3)39(49)37(48)38(55-41)35-19-20-36-40(44)45-29-46-47(35)36/h19-20,22-24,29-30,32,37-39,48-49H,4-18,21,26-28H2,1-3H3,(H,50,51)(H2,44,45,46)/t30-,32-,37-,38-,39-,41+/m0/s1. The third-order valence-electron chi connectivity index (χ3n) is 10.7. The molecule has 0 bridgehead atoms. The monoisotopic (exact) mass is 819 g/mol. The van der Waals surface area contributed by atoms with Crippen LogP contribution in [0.15, 0.2) is 36.7 Å². The number of rotatable bonds is 28. The first-order chi connectivity index (χ1) is 27.4. The van der Waals surface area contributed by atoms with Crippen LogP contribution < -0.4 is 10.5 Å². The maximum atomic E-state index is 14.1. The van der Waals surface area contributed by atoms with E-state index in [0.717, 1.165) is 31.4 Å². The van der Waals surface area contributed by atoms with Crippen molar-refractivity contribution in [1.29, 1.82) is 5.26 Å². The minimum atomic E-state index is -4.79. The van der Waals surface area contributed by atoms with E-state index in [1.807, 2.05) is 6.07 Å². The summed E-state index contributed by atoms with van der Waals surface area (Å²) in [5.41, 5.74) is 5.25. The number of phosphoric ester groups is 1. The molecule has 0 aliphatic carbocycles. The Kier molecular flexibility index (Phi) is 19.1. The maximum Gasteiger partial charge on any atom is 0.472 e. The van der Waals surface area contributed by atoms with Crippen molar-refractivity contribution < 1.29 is 47.3 Å². The second-order valence-electron chi connectivity index (χ2n) is 15.4. The lowest BCUT2D eigenvalue weighted by molar-refractivity contribution is -0.133. The molecule has 57 heavy (non-hydrogen) atoms. The van der Waals surface area contributed by atoms with E-state index in [0.29, 0.717) is 17.8 Å². The number of aliphatic hydroxyl groups is 2. The number of nitrogen functional groups attached to an aromatic ring is 1. The number of aliphatic hydroxyl groups excluding tert-OH is 2. The second kappa shape index (κ2) is 23.4. The number of nitriles is 1. The lowest BCUT2D eigenvalue weighted by atomic mass is 9.91. The highest BCUT2D eigenvalue weighted by atomic mass is 31.2. The molecule has 318 valence electrons. The number of nitrogens with zero attached hydrogens (tertiary/aromatic N) is 4. The molecule has 1 aliphatic rings. The van der Waals surface area contributed by atoms with Crippen LogP contribution in [0.5, 0.6) is 5.75 Å². The lowest BCUT2D eigenvalue weighted by Gasteiger charge is -2.34. The van der Waals surface area contributed by atoms with Crippen LogP contribution in [-0.2, 0) is 23.1 Å². The van der Waals surface area contributed by atoms with E-state index < -0.39 is 49.6 Å². The van der Waals surface area contributed by atoms with Crippen LogP contribution in [-0.4, -0.2) is 80.0 Å². The molecule has 3 heterocycles. The van der Waals surface area contributed by atoms with Crippen LogP contribution in [0.4, 0.5) is 10.2 Å². The fraction of sp³-hybridized carbons (Fsp3) is 0.683. The van der Waals surface area contributed by atoms with Crippen LogP contribution >= 0.6 is 7.82 Å². The van der Waals surface area contributed by atoms with Gasteiger partial charge in [0.05, 0.1) is 43.3 Å². The maximum absolute atomic E-state index is 14.1. The summed E-state index contributed by atoms with van der Waals surface area (Å²) >= 11 is 0. The molecule has 0 amide bonds. The average Bonchev–Trinajstić information content (AvgIpc) is 3.72. The first-order valence-corrected chi connectivity index (χ1v) is 22.1. The van der Waals surface area contributed by atoms with Crippen LogP contribution in [0.25, 0.3) is 5.52 Å². The molecule has 0 radical (unpaired) electrons. The van der Waals surface area contributed by atoms with E-state index in [1.54, 1.807) is 12.1 Å². The number of fused-ring (bicyclic) bond motifs is 1. The molecule has 1 aliphatic heterocycles. The third kappa shape index (κ3) is 14.3. The Bertz CT molecular complexity index is 1740. The molecule has 1 saturated heterocycles. The van der Waals surface area contributed by atoms with Gasteiger partial charge in [-0.1, -0.05) is 96.8 Å². The number of halogens is 1. The Morgan fingerprint density at radius 1 is 0.982 bits per heavy atom. The Morgan fingerprint density at radius 2 is 1.61 bits per heavy atom. The normalized spacial score (nSPS) is 21.7. The number of hydrogen-bond acceptors (Lipinski definition) is 12. The molecule has 4 rings (SSSR count). The summed E-state index contributed by atoms with van der Waals surface area (Å²) in [5.74, 6) is -0.886. The number of benzene rings is 1. The summed E-state index contributed by atoms with van der Waals surface area (Å²) in [6.07, 6.45) is 14.8. The quantitative estimate of drug-likeness (QED) is 0.0406. The molecule has 0 spiro atoms. The van der Waals surface area contributed by atoms with Gasteiger partial charge in [0, 0.05) is 18.6 Å². The molecule has 1 unspecified atom stereocenters. The van der Waals surface area contributed by atoms with E-state index in [4.69, 9.17) is 29.0 Å². The minimum absolute atomic E-state index is 0.0739. The highest BCUT2D eigenvalue weighted by Crippen LogP contribution is 2.50. The molecule has 0 saturated carbocycles. The fourth-order valence-electron chi connectivity index (χ4n) is 7.11. The number of unbranched alkanes of at least 4 members (excludes halogenated alkanes) is 14. The number of anilines is 1. The van der Waals surface area contributed by atoms with Gasteiger partial charge in [-0.3, -0.25) is 9.05 Å². The van der Waals surface area contributed by atoms with Crippen LogP contribution in [0.2, 0.25) is 0 Å². The van der Waals surface area contributed by atoms with Gasteiger partial charge in [-0.2, -0.15) is 10.4 Å². The van der Waals surface area contributed by atoms with Gasteiger partial charge in [0.2, 0.25) is 0 Å². The lowest BCUT2D eigenvalue weighted by Crippen LogP contribution is -2.49. The van der Waals surface area contributed by atoms with Gasteiger partial charge >= 0.3 is 7.82 Å². The van der Waals surface area contributed by atoms with Gasteiger partial charge in [0.15, 0.2) is 5.82 Å². The van der Waals surface area contributed by atoms with Gasteiger partial charge in [-0.25, -0.2) is 18.5 Å². The molecular formula is C41H63FN5O9P. The number of phosphoric acid groups is 1. The molecular weight excluding hydrogens is 756 g/mol. The van der Waals surface area contributed by atoms with Gasteiger partial charge < -0.3 is 35.1 Å². The SMILES string of the molecule is CCCCCCCCCCCCCCCCCOC[C@@H](COc1cc(F)cc(C#N)c1)COP(=O)(O)O[C@@H](C)[C@@]1(C)O[C@@H](c2ccc3c(N)ncnn23)[C@H](O)[C@@H]1O. The molecule has 1 aromatic carbocycles. The molecule has 1 fully saturated rings. The van der Waals surface area contributed by atoms with E-state index >= 15 is 0 Å². The fourth-order valence-corrected chi connectivity index (χ4v) is 8.18. The molecule has 16 heteroatoms. The number of nitrogens with two attached hydrogens (primary N) is 1. The van der Waals surface area contributed by atoms with Crippen molar-refractivity contribution in [3.05, 3.63) is 53.7 Å². The Hall–Kier alpha value is -3.19. The topological polar surface area (TPSA) is 204 Å². The van der Waals surface area contributed by atoms with Crippen LogP contribution in [0, 0.1) is 23.1 Å². The highest BCUT2D eigenvalue weighted by molar-refractivity contribution is 7.47. The molecule has 14 nitrogen and oxygen atoms in total. The average molecular weight is 820 g/mol. The van der Waals surface area contributed by atoms with Crippen molar-refractivity contribution in [1.82, 2.24) is 14.6 Å². The Morgan fingerprint density at radius 3 is 2.25 bits per heavy atom. The zero-order valence-electron chi connectivity index (χ0n) is 33.8. The molecule has 3 aromatic rings. The van der Waals surface area contributed by atoms with Crippen molar-refractivity contribution in [3.8, 4) is 11.8 Å². The molecule has 5 N–H and O–H groups in total. The molecule has 2 aromatic heterocycles. The van der Waals surface area contributed by atoms with E-state index in [1.165, 1.54) is 108 Å². The minimum Gasteiger partial charge on any atom is -0.493 e. The van der Waals surface area contributed by atoms with Crippen molar-refractivity contribution in [2.24, 2.45) is 5.92 Å². The number of ether oxygens (including phenoxy) is 3. The largest absolute Gasteiger partial charge is 0.493 e. The summed E-state index contributed by atoms with van der Waals surface area (Å²) in [6.45, 7) is 5.32. The van der Waals surface area contributed by atoms with Crippen LogP contribution in [0.1, 0.15) is 134 Å². The summed E-state index contributed by atoms with van der Waals surface area (Å²) in [6, 6.07) is 8.80. The van der Waals surface area contributed by atoms with Gasteiger partial charge in [-0.15, -0.1) is 0 Å². The van der Waals surface area contributed by atoms with Gasteiger partial charge in [-0.05, 0) is 44.5 Å². The van der Waals surface area contributed by atoms with Gasteiger partial charge in [0.1, 0.15) is 47.3 Å². The van der Waals surface area contributed by atoms with Gasteiger partial charge in [0.25, 0.3) is 0 Å². The first kappa shape index (κ1) is 46.5. The van der Waals surface area contributed by atoms with E-state index in [2.05, 4.69) is 17.0 Å². The number of aromatic nitrogens is 3. The predicted octanol–water partition coefficient (Wildman–Crippen LogP) is 7.98. The second-order valence-corrected chi connectivity index (χ2v) is 16.8. The number of hydrogen-bond donors (Lipinski definition) is 4. The van der Waals surface area contributed by atoms with Crippen LogP contribution in [0.3, 0.4) is 0 Å². The summed E-state index contributed by atoms with van der Waals surface area (Å²) in [7, 11) is -4.79. The summed E-state index contributed by atoms with van der Waals surface area (Å²) in [5, 5.41) is 35.5. The van der Waals surface area contributed by atoms with Crippen molar-refractivity contribution >= 4 is 19.2 Å². The smallest absolute Gasteiger partial charge is 0.472 e.